The second-order valence-corrected chi connectivity index (χ2v) is 5.12. The number of nitrogens with zero attached hydrogens (tertiary/aromatic N) is 1. The average Bonchev–Trinajstić information content (AvgIpc) is 2.60. The molecule has 0 amide bonds. The molecule has 0 aromatic heterocycles. The van der Waals surface area contributed by atoms with E-state index in [4.69, 9.17) is 11.6 Å². The fourth-order valence-corrected chi connectivity index (χ4v) is 2.66. The molecule has 1 atom stereocenters. The van der Waals surface area contributed by atoms with Gasteiger partial charge in [0, 0.05) is 11.9 Å². The van der Waals surface area contributed by atoms with Gasteiger partial charge in [-0.3, -0.25) is 0 Å². The zero-order chi connectivity index (χ0) is 10.4. The van der Waals surface area contributed by atoms with Gasteiger partial charge in [0.15, 0.2) is 0 Å². The summed E-state index contributed by atoms with van der Waals surface area (Å²) in [5, 5.41) is 0. The molecule has 2 heteroatoms. The molecule has 1 aliphatic heterocycles. The summed E-state index contributed by atoms with van der Waals surface area (Å²) in [5.74, 6) is 1.65. The SMILES string of the molecule is CC(C)C1CCCN1CCCCCCl. The Labute approximate surface area is 93.8 Å². The van der Waals surface area contributed by atoms with Gasteiger partial charge < -0.3 is 4.90 Å². The molecule has 0 aromatic rings. The summed E-state index contributed by atoms with van der Waals surface area (Å²) in [7, 11) is 0. The molecule has 0 spiro atoms. The van der Waals surface area contributed by atoms with Crippen LogP contribution >= 0.6 is 11.6 Å². The normalized spacial score (nSPS) is 23.6. The van der Waals surface area contributed by atoms with Crippen molar-refractivity contribution in [2.45, 2.75) is 52.0 Å². The lowest BCUT2D eigenvalue weighted by Crippen LogP contribution is -2.34. The number of hydrogen-bond donors (Lipinski definition) is 0. The highest BCUT2D eigenvalue weighted by atomic mass is 35.5. The first-order valence-electron chi connectivity index (χ1n) is 6.05. The first kappa shape index (κ1) is 12.3. The van der Waals surface area contributed by atoms with Gasteiger partial charge >= 0.3 is 0 Å². The summed E-state index contributed by atoms with van der Waals surface area (Å²) in [4.78, 5) is 2.68. The summed E-state index contributed by atoms with van der Waals surface area (Å²) in [5.41, 5.74) is 0. The second-order valence-electron chi connectivity index (χ2n) is 4.74. The highest BCUT2D eigenvalue weighted by Crippen LogP contribution is 2.23. The van der Waals surface area contributed by atoms with E-state index < -0.39 is 0 Å². The maximum atomic E-state index is 5.66. The maximum Gasteiger partial charge on any atom is 0.0223 e. The highest BCUT2D eigenvalue weighted by Gasteiger charge is 2.25. The fraction of sp³-hybridized carbons (Fsp3) is 1.00. The Morgan fingerprint density at radius 2 is 2.07 bits per heavy atom. The van der Waals surface area contributed by atoms with Gasteiger partial charge in [-0.05, 0) is 44.7 Å². The van der Waals surface area contributed by atoms with Crippen LogP contribution in [0.4, 0.5) is 0 Å². The van der Waals surface area contributed by atoms with E-state index in [1.165, 1.54) is 45.2 Å². The molecule has 1 heterocycles. The summed E-state index contributed by atoms with van der Waals surface area (Å²) in [6.07, 6.45) is 6.62. The quantitative estimate of drug-likeness (QED) is 0.486. The molecule has 1 saturated heterocycles. The molecular weight excluding hydrogens is 194 g/mol. The van der Waals surface area contributed by atoms with Gasteiger partial charge in [-0.1, -0.05) is 20.3 Å². The van der Waals surface area contributed by atoms with Crippen LogP contribution in [0.1, 0.15) is 46.0 Å². The van der Waals surface area contributed by atoms with E-state index in [9.17, 15) is 0 Å². The third-order valence-corrected chi connectivity index (χ3v) is 3.53. The van der Waals surface area contributed by atoms with Crippen molar-refractivity contribution in [2.75, 3.05) is 19.0 Å². The Morgan fingerprint density at radius 1 is 1.29 bits per heavy atom. The summed E-state index contributed by atoms with van der Waals surface area (Å²) in [6.45, 7) is 7.31. The fourth-order valence-electron chi connectivity index (χ4n) is 2.47. The molecule has 84 valence electrons. The highest BCUT2D eigenvalue weighted by molar-refractivity contribution is 6.17. The Kier molecular flexibility index (Phi) is 5.88. The Hall–Kier alpha value is 0.250. The van der Waals surface area contributed by atoms with Gasteiger partial charge in [-0.15, -0.1) is 11.6 Å². The van der Waals surface area contributed by atoms with Crippen molar-refractivity contribution < 1.29 is 0 Å². The van der Waals surface area contributed by atoms with E-state index in [-0.39, 0.29) is 0 Å². The minimum Gasteiger partial charge on any atom is -0.300 e. The summed E-state index contributed by atoms with van der Waals surface area (Å²) < 4.78 is 0. The molecule has 0 aromatic carbocycles. The molecule has 1 fully saturated rings. The smallest absolute Gasteiger partial charge is 0.0223 e. The average molecular weight is 218 g/mol. The van der Waals surface area contributed by atoms with E-state index in [2.05, 4.69) is 18.7 Å². The second kappa shape index (κ2) is 6.68. The maximum absolute atomic E-state index is 5.66. The molecule has 1 nitrogen and oxygen atoms in total. The summed E-state index contributed by atoms with van der Waals surface area (Å²) >= 11 is 5.66. The first-order chi connectivity index (χ1) is 6.75. The van der Waals surface area contributed by atoms with Crippen LogP contribution in [0.15, 0.2) is 0 Å². The minimum atomic E-state index is 0.825. The van der Waals surface area contributed by atoms with E-state index in [0.717, 1.165) is 17.8 Å². The van der Waals surface area contributed by atoms with Gasteiger partial charge in [0.25, 0.3) is 0 Å². The van der Waals surface area contributed by atoms with Crippen LogP contribution in [0.2, 0.25) is 0 Å². The van der Waals surface area contributed by atoms with Crippen LogP contribution in [0.3, 0.4) is 0 Å². The monoisotopic (exact) mass is 217 g/mol. The van der Waals surface area contributed by atoms with Crippen LogP contribution in [0.25, 0.3) is 0 Å². The molecule has 0 radical (unpaired) electrons. The third-order valence-electron chi connectivity index (χ3n) is 3.26. The Bertz CT molecular complexity index is 147. The van der Waals surface area contributed by atoms with Gasteiger partial charge in [0.05, 0.1) is 0 Å². The molecule has 0 bridgehead atoms. The molecule has 0 N–H and O–H groups in total. The first-order valence-corrected chi connectivity index (χ1v) is 6.59. The molecule has 1 aliphatic rings. The molecule has 1 unspecified atom stereocenters. The zero-order valence-corrected chi connectivity index (χ0v) is 10.4. The van der Waals surface area contributed by atoms with Crippen molar-refractivity contribution in [1.29, 1.82) is 0 Å². The predicted molar refractivity (Wildman–Crippen MR) is 64.0 cm³/mol. The summed E-state index contributed by atoms with van der Waals surface area (Å²) in [6, 6.07) is 0.853. The lowest BCUT2D eigenvalue weighted by molar-refractivity contribution is 0.203. The van der Waals surface area contributed by atoms with Crippen LogP contribution in [-0.2, 0) is 0 Å². The van der Waals surface area contributed by atoms with Gasteiger partial charge in [-0.2, -0.15) is 0 Å². The van der Waals surface area contributed by atoms with Crippen LogP contribution in [0, 0.1) is 5.92 Å². The lowest BCUT2D eigenvalue weighted by Gasteiger charge is -2.27. The lowest BCUT2D eigenvalue weighted by atomic mass is 10.0. The number of unbranched alkanes of at least 4 members (excludes halogenated alkanes) is 2. The van der Waals surface area contributed by atoms with E-state index >= 15 is 0 Å². The van der Waals surface area contributed by atoms with Crippen LogP contribution in [-0.4, -0.2) is 29.9 Å². The standard InChI is InChI=1S/C12H24ClN/c1-11(2)12-7-6-10-14(12)9-5-3-4-8-13/h11-12H,3-10H2,1-2H3. The molecule has 14 heavy (non-hydrogen) atoms. The minimum absolute atomic E-state index is 0.825. The molecule has 0 aliphatic carbocycles. The van der Waals surface area contributed by atoms with E-state index in [0.29, 0.717) is 0 Å². The van der Waals surface area contributed by atoms with Crippen LogP contribution in [0.5, 0.6) is 0 Å². The Balaban J connectivity index is 2.16. The number of alkyl halides is 1. The van der Waals surface area contributed by atoms with Crippen molar-refractivity contribution in [3.63, 3.8) is 0 Å². The van der Waals surface area contributed by atoms with Crippen molar-refractivity contribution in [2.24, 2.45) is 5.92 Å². The Morgan fingerprint density at radius 3 is 2.71 bits per heavy atom. The molecule has 1 rings (SSSR count). The van der Waals surface area contributed by atoms with Crippen molar-refractivity contribution in [1.82, 2.24) is 4.90 Å². The van der Waals surface area contributed by atoms with Crippen molar-refractivity contribution in [3.8, 4) is 0 Å². The molecular formula is C12H24ClN. The predicted octanol–water partition coefficient (Wildman–Crippen LogP) is 3.52. The van der Waals surface area contributed by atoms with Crippen molar-refractivity contribution in [3.05, 3.63) is 0 Å². The van der Waals surface area contributed by atoms with Gasteiger partial charge in [0.2, 0.25) is 0 Å². The van der Waals surface area contributed by atoms with Gasteiger partial charge in [-0.25, -0.2) is 0 Å². The number of rotatable bonds is 6. The molecule has 0 saturated carbocycles. The zero-order valence-electron chi connectivity index (χ0n) is 9.64. The number of halogens is 1. The van der Waals surface area contributed by atoms with E-state index in [1.54, 1.807) is 0 Å². The van der Waals surface area contributed by atoms with E-state index in [1.807, 2.05) is 0 Å². The third kappa shape index (κ3) is 3.78. The largest absolute Gasteiger partial charge is 0.300 e. The van der Waals surface area contributed by atoms with Crippen LogP contribution < -0.4 is 0 Å². The number of hydrogen-bond acceptors (Lipinski definition) is 1. The number of likely N-dealkylation sites (tertiary alicyclic amines) is 1. The van der Waals surface area contributed by atoms with Crippen molar-refractivity contribution >= 4 is 11.6 Å². The topological polar surface area (TPSA) is 3.24 Å². The van der Waals surface area contributed by atoms with Gasteiger partial charge in [0.1, 0.15) is 0 Å².